The van der Waals surface area contributed by atoms with Crippen molar-refractivity contribution >= 4 is 5.78 Å². The second kappa shape index (κ2) is 7.59. The summed E-state index contributed by atoms with van der Waals surface area (Å²) in [4.78, 5) is 13.4. The zero-order valence-electron chi connectivity index (χ0n) is 19.3. The van der Waals surface area contributed by atoms with Gasteiger partial charge in [-0.25, -0.2) is 0 Å². The van der Waals surface area contributed by atoms with Gasteiger partial charge < -0.3 is 0 Å². The molecular formula is C27H44O. The number of carbonyl (C=O) groups excluding carboxylic acids is 1. The Kier molecular flexibility index (Phi) is 5.60. The molecule has 0 heterocycles. The quantitative estimate of drug-likeness (QED) is 0.473. The molecule has 0 radical (unpaired) electrons. The fourth-order valence-corrected chi connectivity index (χ4v) is 8.28. The van der Waals surface area contributed by atoms with Gasteiger partial charge in [0, 0.05) is 12.0 Å². The Morgan fingerprint density at radius 3 is 2.54 bits per heavy atom. The number of rotatable bonds is 5. The van der Waals surface area contributed by atoms with Gasteiger partial charge in [-0.3, -0.25) is 4.79 Å². The third-order valence-electron chi connectivity index (χ3n) is 9.90. The molecule has 0 spiro atoms. The van der Waals surface area contributed by atoms with Crippen LogP contribution in [-0.4, -0.2) is 5.78 Å². The van der Waals surface area contributed by atoms with Crippen molar-refractivity contribution in [3.8, 4) is 0 Å². The molecule has 0 bridgehead atoms. The molecule has 1 nitrogen and oxygen atoms in total. The highest BCUT2D eigenvalue weighted by atomic mass is 16.1. The average molecular weight is 385 g/mol. The third kappa shape index (κ3) is 3.24. The zero-order chi connectivity index (χ0) is 20.1. The molecule has 4 aliphatic carbocycles. The molecule has 4 rings (SSSR count). The number of ketones is 1. The molecule has 0 aliphatic heterocycles. The Bertz CT molecular complexity index is 643. The van der Waals surface area contributed by atoms with E-state index >= 15 is 0 Å². The van der Waals surface area contributed by atoms with E-state index in [1.165, 1.54) is 76.2 Å². The van der Waals surface area contributed by atoms with E-state index in [2.05, 4.69) is 34.6 Å². The first-order valence-electron chi connectivity index (χ1n) is 12.5. The second-order valence-corrected chi connectivity index (χ2v) is 11.9. The Balaban J connectivity index is 1.60. The molecule has 158 valence electrons. The summed E-state index contributed by atoms with van der Waals surface area (Å²) < 4.78 is 0. The normalized spacial score (nSPS) is 41.6. The van der Waals surface area contributed by atoms with Crippen LogP contribution in [0.25, 0.3) is 0 Å². The van der Waals surface area contributed by atoms with Gasteiger partial charge in [0.1, 0.15) is 0 Å². The van der Waals surface area contributed by atoms with Gasteiger partial charge in [-0.1, -0.05) is 72.3 Å². The maximum Gasteiger partial charge on any atom is 0.159 e. The molecule has 4 aliphatic rings. The summed E-state index contributed by atoms with van der Waals surface area (Å²) in [6.07, 6.45) is 15.7. The molecule has 3 saturated carbocycles. The van der Waals surface area contributed by atoms with Crippen LogP contribution in [0.5, 0.6) is 0 Å². The van der Waals surface area contributed by atoms with Gasteiger partial charge in [0.05, 0.1) is 0 Å². The van der Waals surface area contributed by atoms with E-state index in [1.54, 1.807) is 5.57 Å². The first-order chi connectivity index (χ1) is 13.3. The largest absolute Gasteiger partial charge is 0.295 e. The number of carbonyl (C=O) groups is 1. The summed E-state index contributed by atoms with van der Waals surface area (Å²) in [5, 5.41) is 0. The minimum absolute atomic E-state index is 0.179. The topological polar surface area (TPSA) is 17.1 Å². The van der Waals surface area contributed by atoms with Crippen LogP contribution in [-0.2, 0) is 4.79 Å². The Hall–Kier alpha value is -0.590. The SMILES string of the molecule is CC(C)CCC[C@@H](C)[C@H]1CC(=O)C2=C3CCC4CCCC[C@]4(C)[C@H]3CC[C@@]21C. The Labute approximate surface area is 174 Å². The number of hydrogen-bond donors (Lipinski definition) is 0. The van der Waals surface area contributed by atoms with E-state index in [0.717, 1.165) is 18.3 Å². The highest BCUT2D eigenvalue weighted by molar-refractivity contribution is 6.00. The molecule has 28 heavy (non-hydrogen) atoms. The molecule has 6 atom stereocenters. The van der Waals surface area contributed by atoms with Crippen LogP contribution >= 0.6 is 0 Å². The highest BCUT2D eigenvalue weighted by Gasteiger charge is 2.57. The van der Waals surface area contributed by atoms with Crippen molar-refractivity contribution in [3.05, 3.63) is 11.1 Å². The molecule has 0 aromatic heterocycles. The zero-order valence-corrected chi connectivity index (χ0v) is 19.3. The van der Waals surface area contributed by atoms with Gasteiger partial charge in [0.15, 0.2) is 5.78 Å². The summed E-state index contributed by atoms with van der Waals surface area (Å²) in [5.41, 5.74) is 3.67. The predicted octanol–water partition coefficient (Wildman–Crippen LogP) is 7.74. The lowest BCUT2D eigenvalue weighted by Crippen LogP contribution is -2.46. The van der Waals surface area contributed by atoms with Crippen molar-refractivity contribution in [2.75, 3.05) is 0 Å². The molecule has 3 fully saturated rings. The first kappa shape index (κ1) is 20.7. The van der Waals surface area contributed by atoms with Crippen molar-refractivity contribution in [1.82, 2.24) is 0 Å². The number of Topliss-reactive ketones (excluding diaryl/α,β-unsaturated/α-hetero) is 1. The first-order valence-corrected chi connectivity index (χ1v) is 12.5. The minimum Gasteiger partial charge on any atom is -0.295 e. The van der Waals surface area contributed by atoms with Crippen molar-refractivity contribution in [2.45, 2.75) is 112 Å². The van der Waals surface area contributed by atoms with E-state index in [4.69, 9.17) is 0 Å². The smallest absolute Gasteiger partial charge is 0.159 e. The van der Waals surface area contributed by atoms with Crippen LogP contribution in [0.4, 0.5) is 0 Å². The number of hydrogen-bond acceptors (Lipinski definition) is 1. The van der Waals surface area contributed by atoms with Crippen molar-refractivity contribution < 1.29 is 4.79 Å². The molecule has 0 amide bonds. The molecule has 0 saturated heterocycles. The average Bonchev–Trinajstić information content (AvgIpc) is 2.92. The minimum atomic E-state index is 0.179. The van der Waals surface area contributed by atoms with Crippen LogP contribution in [0.15, 0.2) is 11.1 Å². The van der Waals surface area contributed by atoms with E-state index in [-0.39, 0.29) is 5.41 Å². The van der Waals surface area contributed by atoms with Crippen LogP contribution in [0, 0.1) is 40.4 Å². The summed E-state index contributed by atoms with van der Waals surface area (Å²) in [7, 11) is 0. The van der Waals surface area contributed by atoms with Gasteiger partial charge in [0.2, 0.25) is 0 Å². The maximum atomic E-state index is 13.4. The lowest BCUT2D eigenvalue weighted by molar-refractivity contribution is -0.115. The van der Waals surface area contributed by atoms with Gasteiger partial charge in [-0.2, -0.15) is 0 Å². The van der Waals surface area contributed by atoms with E-state index < -0.39 is 0 Å². The summed E-state index contributed by atoms with van der Waals surface area (Å²) in [6, 6.07) is 0. The van der Waals surface area contributed by atoms with Crippen molar-refractivity contribution in [1.29, 1.82) is 0 Å². The van der Waals surface area contributed by atoms with E-state index in [9.17, 15) is 4.79 Å². The lowest BCUT2D eigenvalue weighted by atomic mass is 9.49. The second-order valence-electron chi connectivity index (χ2n) is 11.9. The van der Waals surface area contributed by atoms with Crippen molar-refractivity contribution in [2.24, 2.45) is 40.4 Å². The van der Waals surface area contributed by atoms with Gasteiger partial charge >= 0.3 is 0 Å². The van der Waals surface area contributed by atoms with Crippen LogP contribution in [0.2, 0.25) is 0 Å². The van der Waals surface area contributed by atoms with Crippen LogP contribution < -0.4 is 0 Å². The summed E-state index contributed by atoms with van der Waals surface area (Å²) in [5.74, 6) is 4.25. The highest BCUT2D eigenvalue weighted by Crippen LogP contribution is 2.65. The molecule has 1 unspecified atom stereocenters. The van der Waals surface area contributed by atoms with Crippen LogP contribution in [0.1, 0.15) is 112 Å². The maximum absolute atomic E-state index is 13.4. The Morgan fingerprint density at radius 2 is 1.79 bits per heavy atom. The molecule has 0 aromatic carbocycles. The van der Waals surface area contributed by atoms with Gasteiger partial charge in [-0.15, -0.1) is 0 Å². The molecule has 1 heteroatoms. The summed E-state index contributed by atoms with van der Waals surface area (Å²) >= 11 is 0. The van der Waals surface area contributed by atoms with Crippen LogP contribution in [0.3, 0.4) is 0 Å². The Morgan fingerprint density at radius 1 is 1.00 bits per heavy atom. The molecule has 0 aromatic rings. The summed E-state index contributed by atoms with van der Waals surface area (Å²) in [6.45, 7) is 12.2. The van der Waals surface area contributed by atoms with Gasteiger partial charge in [0.25, 0.3) is 0 Å². The molecular weight excluding hydrogens is 340 g/mol. The van der Waals surface area contributed by atoms with E-state index in [0.29, 0.717) is 29.0 Å². The fraction of sp³-hybridized carbons (Fsp3) is 0.889. The fourth-order valence-electron chi connectivity index (χ4n) is 8.28. The van der Waals surface area contributed by atoms with E-state index in [1.807, 2.05) is 0 Å². The standard InChI is InChI=1S/C27H44O/c1-18(2)9-8-10-19(3)23-17-24(28)25-21-13-12-20-11-6-7-15-26(20,4)22(21)14-16-27(23,25)5/h18-20,22-23H,6-17H2,1-5H3/t19-,20?,22+,23-,26+,27-/m1/s1. The number of allylic oxidation sites excluding steroid dienone is 2. The van der Waals surface area contributed by atoms with Crippen molar-refractivity contribution in [3.63, 3.8) is 0 Å². The predicted molar refractivity (Wildman–Crippen MR) is 118 cm³/mol. The van der Waals surface area contributed by atoms with Gasteiger partial charge in [-0.05, 0) is 78.9 Å². The lowest BCUT2D eigenvalue weighted by Gasteiger charge is -2.55. The number of fused-ring (bicyclic) bond motifs is 4. The third-order valence-corrected chi connectivity index (χ3v) is 9.90. The molecule has 0 N–H and O–H groups in total. The monoisotopic (exact) mass is 384 g/mol.